The molecule has 2 aromatic heterocycles. The van der Waals surface area contributed by atoms with Crippen molar-refractivity contribution >= 4 is 21.5 Å². The standard InChI is InChI=1S/C24H22N3O4S/c1-16(17-4-6-18(29-2)7-5-17)27-32(28)20-10-8-19(9-11-20)31-22-13-15-25-23-21(22)12-14-26-24(23)30-3/h4-16H,1-3H3/q-1/t16-/m1/s1. The number of hydrogen-bond donors (Lipinski definition) is 0. The SMILES string of the molecule is COc1ccc([C@@H](C)N=[S-](=O)c2ccc(Oc3ccnc4c(OC)nccc34)cc2)cc1. The van der Waals surface area contributed by atoms with Crippen LogP contribution in [0, 0.1) is 0 Å². The van der Waals surface area contributed by atoms with Crippen LogP contribution in [0.25, 0.3) is 10.9 Å². The van der Waals surface area contributed by atoms with Gasteiger partial charge in [0.25, 0.3) is 0 Å². The Morgan fingerprint density at radius 3 is 2.22 bits per heavy atom. The van der Waals surface area contributed by atoms with Crippen molar-refractivity contribution in [3.05, 3.63) is 78.6 Å². The molecule has 0 spiro atoms. The van der Waals surface area contributed by atoms with Gasteiger partial charge >= 0.3 is 0 Å². The summed E-state index contributed by atoms with van der Waals surface area (Å²) in [6.45, 7) is 1.91. The lowest BCUT2D eigenvalue weighted by Gasteiger charge is -2.14. The predicted octanol–water partition coefficient (Wildman–Crippen LogP) is 5.71. The molecule has 0 aliphatic heterocycles. The molecular weight excluding hydrogens is 426 g/mol. The minimum Gasteiger partial charge on any atom is -0.497 e. The normalized spacial score (nSPS) is 13.0. The number of pyridine rings is 2. The highest BCUT2D eigenvalue weighted by Gasteiger charge is 2.09. The Morgan fingerprint density at radius 2 is 1.53 bits per heavy atom. The van der Waals surface area contributed by atoms with Crippen LogP contribution in [0.1, 0.15) is 18.5 Å². The fourth-order valence-electron chi connectivity index (χ4n) is 3.16. The molecule has 4 rings (SSSR count). The van der Waals surface area contributed by atoms with Gasteiger partial charge in [-0.2, -0.15) is 10.6 Å². The summed E-state index contributed by atoms with van der Waals surface area (Å²) in [6, 6.07) is 18.0. The quantitative estimate of drug-likeness (QED) is 0.337. The van der Waals surface area contributed by atoms with Crippen LogP contribution in [0.2, 0.25) is 0 Å². The average molecular weight is 449 g/mol. The second-order valence-corrected chi connectivity index (χ2v) is 8.08. The summed E-state index contributed by atoms with van der Waals surface area (Å²) in [5.41, 5.74) is 1.59. The molecular formula is C24H22N3O4S-. The number of aromatic nitrogens is 2. The number of nitrogens with zero attached hydrogens (tertiary/aromatic N) is 3. The smallest absolute Gasteiger partial charge is 0.240 e. The summed E-state index contributed by atoms with van der Waals surface area (Å²) in [5, 5.41) is 0.787. The summed E-state index contributed by atoms with van der Waals surface area (Å²) in [4.78, 5) is 9.09. The van der Waals surface area contributed by atoms with Crippen LogP contribution in [0.3, 0.4) is 0 Å². The molecule has 0 fully saturated rings. The van der Waals surface area contributed by atoms with Crippen molar-refractivity contribution in [2.75, 3.05) is 14.2 Å². The molecule has 2 heterocycles. The Bertz CT molecular complexity index is 1300. The van der Waals surface area contributed by atoms with E-state index in [9.17, 15) is 4.21 Å². The van der Waals surface area contributed by atoms with Crippen LogP contribution in [0.15, 0.2) is 82.3 Å². The summed E-state index contributed by atoms with van der Waals surface area (Å²) in [6.07, 6.45) is 3.29. The van der Waals surface area contributed by atoms with Crippen LogP contribution in [-0.4, -0.2) is 24.2 Å². The van der Waals surface area contributed by atoms with E-state index < -0.39 is 10.6 Å². The van der Waals surface area contributed by atoms with Gasteiger partial charge in [0.15, 0.2) is 0 Å². The fraction of sp³-hybridized carbons (Fsp3) is 0.167. The summed E-state index contributed by atoms with van der Waals surface area (Å²) < 4.78 is 33.6. The Kier molecular flexibility index (Phi) is 6.51. The van der Waals surface area contributed by atoms with Crippen molar-refractivity contribution in [2.24, 2.45) is 4.36 Å². The second-order valence-electron chi connectivity index (χ2n) is 6.90. The van der Waals surface area contributed by atoms with E-state index in [-0.39, 0.29) is 6.04 Å². The third-order valence-electron chi connectivity index (χ3n) is 4.88. The number of benzene rings is 2. The van der Waals surface area contributed by atoms with E-state index in [4.69, 9.17) is 14.2 Å². The minimum absolute atomic E-state index is 0.218. The first-order chi connectivity index (χ1) is 15.6. The van der Waals surface area contributed by atoms with E-state index in [2.05, 4.69) is 14.3 Å². The van der Waals surface area contributed by atoms with Crippen LogP contribution in [0.4, 0.5) is 0 Å². The Hall–Kier alpha value is -3.65. The molecule has 4 aromatic rings. The van der Waals surface area contributed by atoms with Crippen LogP contribution in [0.5, 0.6) is 23.1 Å². The van der Waals surface area contributed by atoms with Crippen LogP contribution in [-0.2, 0) is 14.8 Å². The summed E-state index contributed by atoms with van der Waals surface area (Å²) in [7, 11) is 1.67. The van der Waals surface area contributed by atoms with Gasteiger partial charge in [0, 0.05) is 18.4 Å². The van der Waals surface area contributed by atoms with Crippen molar-refractivity contribution < 1.29 is 18.4 Å². The predicted molar refractivity (Wildman–Crippen MR) is 123 cm³/mol. The number of methoxy groups -OCH3 is 2. The number of rotatable bonds is 7. The highest BCUT2D eigenvalue weighted by Crippen LogP contribution is 2.32. The molecule has 7 nitrogen and oxygen atoms in total. The fourth-order valence-corrected chi connectivity index (χ4v) is 4.06. The molecule has 0 amide bonds. The van der Waals surface area contributed by atoms with Gasteiger partial charge < -0.3 is 22.8 Å². The number of ether oxygens (including phenoxy) is 3. The van der Waals surface area contributed by atoms with E-state index in [0.29, 0.717) is 27.8 Å². The van der Waals surface area contributed by atoms with E-state index in [1.807, 2.05) is 37.3 Å². The zero-order chi connectivity index (χ0) is 22.5. The molecule has 0 bridgehead atoms. The van der Waals surface area contributed by atoms with E-state index in [1.165, 1.54) is 0 Å². The van der Waals surface area contributed by atoms with Crippen LogP contribution < -0.4 is 14.2 Å². The number of fused-ring (bicyclic) bond motifs is 1. The molecule has 0 N–H and O–H groups in total. The van der Waals surface area contributed by atoms with Crippen LogP contribution >= 0.6 is 0 Å². The van der Waals surface area contributed by atoms with Gasteiger partial charge in [0.2, 0.25) is 5.88 Å². The van der Waals surface area contributed by atoms with Gasteiger partial charge in [-0.15, -0.1) is 0 Å². The lowest BCUT2D eigenvalue weighted by atomic mass is 10.1. The van der Waals surface area contributed by atoms with Gasteiger partial charge in [-0.05, 0) is 48.9 Å². The van der Waals surface area contributed by atoms with Crippen molar-refractivity contribution in [3.63, 3.8) is 0 Å². The summed E-state index contributed by atoms with van der Waals surface area (Å²) in [5.74, 6) is 2.44. The minimum atomic E-state index is -1.50. The topological polar surface area (TPSA) is 82.9 Å². The summed E-state index contributed by atoms with van der Waals surface area (Å²) >= 11 is 0. The maximum absolute atomic E-state index is 12.7. The zero-order valence-corrected chi connectivity index (χ0v) is 18.7. The molecule has 0 unspecified atom stereocenters. The lowest BCUT2D eigenvalue weighted by molar-refractivity contribution is 0.402. The second kappa shape index (κ2) is 9.65. The van der Waals surface area contributed by atoms with E-state index in [1.54, 1.807) is 56.9 Å². The van der Waals surface area contributed by atoms with Crippen molar-refractivity contribution in [1.29, 1.82) is 0 Å². The molecule has 2 aromatic carbocycles. The zero-order valence-electron chi connectivity index (χ0n) is 17.9. The van der Waals surface area contributed by atoms with Crippen molar-refractivity contribution in [1.82, 2.24) is 9.97 Å². The van der Waals surface area contributed by atoms with Gasteiger partial charge in [0.1, 0.15) is 22.8 Å². The highest BCUT2D eigenvalue weighted by atomic mass is 32.2. The molecule has 164 valence electrons. The third-order valence-corrected chi connectivity index (χ3v) is 6.07. The maximum Gasteiger partial charge on any atom is 0.240 e. The van der Waals surface area contributed by atoms with Gasteiger partial charge in [0.05, 0.1) is 19.6 Å². The van der Waals surface area contributed by atoms with Gasteiger partial charge in [-0.3, -0.25) is 4.98 Å². The average Bonchev–Trinajstić information content (AvgIpc) is 2.84. The molecule has 8 heteroatoms. The molecule has 0 aliphatic rings. The lowest BCUT2D eigenvalue weighted by Crippen LogP contribution is -1.93. The van der Waals surface area contributed by atoms with E-state index >= 15 is 0 Å². The van der Waals surface area contributed by atoms with E-state index in [0.717, 1.165) is 16.7 Å². The highest BCUT2D eigenvalue weighted by molar-refractivity contribution is 7.74. The number of hydrogen-bond acceptors (Lipinski definition) is 8. The molecule has 0 radical (unpaired) electrons. The molecule has 0 saturated carbocycles. The van der Waals surface area contributed by atoms with Gasteiger partial charge in [-0.1, -0.05) is 29.2 Å². The van der Waals surface area contributed by atoms with Crippen molar-refractivity contribution in [3.8, 4) is 23.1 Å². The Morgan fingerprint density at radius 1 is 0.844 bits per heavy atom. The van der Waals surface area contributed by atoms with Gasteiger partial charge in [-0.25, -0.2) is 4.98 Å². The first kappa shape index (κ1) is 21.6. The molecule has 1 atom stereocenters. The first-order valence-electron chi connectivity index (χ1n) is 9.91. The first-order valence-corrected chi connectivity index (χ1v) is 11.0. The molecule has 0 saturated heterocycles. The third kappa shape index (κ3) is 4.65. The molecule has 32 heavy (non-hydrogen) atoms. The maximum atomic E-state index is 12.7. The Labute approximate surface area is 188 Å². The largest absolute Gasteiger partial charge is 0.497 e. The van der Waals surface area contributed by atoms with Crippen molar-refractivity contribution in [2.45, 2.75) is 17.9 Å². The Balaban J connectivity index is 1.52. The molecule has 0 aliphatic carbocycles. The monoisotopic (exact) mass is 448 g/mol.